The molecule has 0 amide bonds. The van der Waals surface area contributed by atoms with Crippen LogP contribution < -0.4 is 5.32 Å². The molecule has 0 bridgehead atoms. The van der Waals surface area contributed by atoms with Gasteiger partial charge in [-0.3, -0.25) is 0 Å². The van der Waals surface area contributed by atoms with Crippen molar-refractivity contribution in [3.63, 3.8) is 0 Å². The van der Waals surface area contributed by atoms with E-state index in [1.807, 2.05) is 25.7 Å². The smallest absolute Gasteiger partial charge is 0.0618 e. The maximum atomic E-state index is 9.29. The number of aliphatic hydroxyl groups is 1. The van der Waals surface area contributed by atoms with E-state index in [-0.39, 0.29) is 12.1 Å². The van der Waals surface area contributed by atoms with E-state index in [0.29, 0.717) is 0 Å². The molecular formula is C14H23NOS. The molecule has 2 nitrogen and oxygen atoms in total. The molecule has 0 aliphatic heterocycles. The third-order valence-corrected chi connectivity index (χ3v) is 4.30. The molecule has 0 fully saturated rings. The zero-order chi connectivity index (χ0) is 12.9. The number of hydrogen-bond donors (Lipinski definition) is 2. The summed E-state index contributed by atoms with van der Waals surface area (Å²) in [5.74, 6) is 1.91. The van der Waals surface area contributed by atoms with Gasteiger partial charge in [0.05, 0.1) is 6.61 Å². The van der Waals surface area contributed by atoms with E-state index in [2.05, 4.69) is 37.4 Å². The first-order valence-corrected chi connectivity index (χ1v) is 7.09. The molecule has 0 saturated carbocycles. The highest BCUT2D eigenvalue weighted by molar-refractivity contribution is 7.98. The van der Waals surface area contributed by atoms with E-state index in [0.717, 1.165) is 11.5 Å². The molecule has 1 aromatic carbocycles. The lowest BCUT2D eigenvalue weighted by molar-refractivity contribution is 0.200. The molecule has 0 aliphatic carbocycles. The van der Waals surface area contributed by atoms with Gasteiger partial charge in [0, 0.05) is 17.0 Å². The van der Waals surface area contributed by atoms with Gasteiger partial charge in [-0.1, -0.05) is 29.3 Å². The van der Waals surface area contributed by atoms with Crippen molar-refractivity contribution < 1.29 is 5.11 Å². The average molecular weight is 253 g/mol. The Morgan fingerprint density at radius 1 is 1.24 bits per heavy atom. The summed E-state index contributed by atoms with van der Waals surface area (Å²) < 4.78 is 0. The number of nitrogens with one attached hydrogen (secondary N) is 1. The van der Waals surface area contributed by atoms with Crippen LogP contribution >= 0.6 is 11.8 Å². The van der Waals surface area contributed by atoms with Gasteiger partial charge >= 0.3 is 0 Å². The Balaban J connectivity index is 2.51. The van der Waals surface area contributed by atoms with E-state index >= 15 is 0 Å². The molecule has 0 aromatic heterocycles. The molecular weight excluding hydrogens is 230 g/mol. The summed E-state index contributed by atoms with van der Waals surface area (Å²) in [4.78, 5) is 0. The first-order valence-electron chi connectivity index (χ1n) is 5.94. The van der Waals surface area contributed by atoms with Gasteiger partial charge < -0.3 is 10.4 Å². The molecule has 0 radical (unpaired) electrons. The molecule has 0 spiro atoms. The maximum absolute atomic E-state index is 9.29. The Hall–Kier alpha value is -0.510. The summed E-state index contributed by atoms with van der Waals surface area (Å²) in [5.41, 5.74) is 3.82. The van der Waals surface area contributed by atoms with Crippen LogP contribution in [-0.4, -0.2) is 30.1 Å². The Kier molecular flexibility index (Phi) is 5.50. The van der Waals surface area contributed by atoms with E-state index in [9.17, 15) is 5.11 Å². The standard InChI is InChI=1S/C14H23NOS/c1-11-5-12(2)7-13(6-11)8-17-10-14(3,9-16)15-4/h5-7,15-16H,8-10H2,1-4H3. The fourth-order valence-electron chi connectivity index (χ4n) is 1.74. The molecule has 1 unspecified atom stereocenters. The van der Waals surface area contributed by atoms with Gasteiger partial charge in [-0.25, -0.2) is 0 Å². The second kappa shape index (κ2) is 6.43. The minimum Gasteiger partial charge on any atom is -0.394 e. The lowest BCUT2D eigenvalue weighted by atomic mass is 10.1. The predicted molar refractivity (Wildman–Crippen MR) is 76.6 cm³/mol. The Morgan fingerprint density at radius 2 is 1.82 bits per heavy atom. The van der Waals surface area contributed by atoms with Gasteiger partial charge in [0.1, 0.15) is 0 Å². The highest BCUT2D eigenvalue weighted by Gasteiger charge is 2.20. The fourth-order valence-corrected chi connectivity index (χ4v) is 2.93. The number of aryl methyl sites for hydroxylation is 2. The third-order valence-electron chi connectivity index (χ3n) is 2.92. The predicted octanol–water partition coefficient (Wildman–Crippen LogP) is 2.51. The van der Waals surface area contributed by atoms with Gasteiger partial charge in [-0.15, -0.1) is 0 Å². The second-order valence-corrected chi connectivity index (χ2v) is 5.94. The molecule has 1 aromatic rings. The van der Waals surface area contributed by atoms with Crippen LogP contribution in [0.15, 0.2) is 18.2 Å². The first-order chi connectivity index (χ1) is 7.99. The highest BCUT2D eigenvalue weighted by atomic mass is 32.2. The van der Waals surface area contributed by atoms with Gasteiger partial charge in [0.2, 0.25) is 0 Å². The summed E-state index contributed by atoms with van der Waals surface area (Å²) >= 11 is 1.86. The third kappa shape index (κ3) is 4.70. The molecule has 3 heteroatoms. The van der Waals surface area contributed by atoms with Crippen LogP contribution in [0.5, 0.6) is 0 Å². The summed E-state index contributed by atoms with van der Waals surface area (Å²) in [7, 11) is 1.90. The van der Waals surface area contributed by atoms with E-state index in [1.165, 1.54) is 16.7 Å². The topological polar surface area (TPSA) is 32.3 Å². The summed E-state index contributed by atoms with van der Waals surface area (Å²) in [6, 6.07) is 6.66. The van der Waals surface area contributed by atoms with Gasteiger partial charge in [-0.05, 0) is 33.4 Å². The fraction of sp³-hybridized carbons (Fsp3) is 0.571. The molecule has 1 rings (SSSR count). The summed E-state index contributed by atoms with van der Waals surface area (Å²) in [5, 5.41) is 12.5. The van der Waals surface area contributed by atoms with Gasteiger partial charge in [0.25, 0.3) is 0 Å². The minimum atomic E-state index is -0.177. The van der Waals surface area contributed by atoms with Crippen molar-refractivity contribution in [2.24, 2.45) is 0 Å². The van der Waals surface area contributed by atoms with Crippen LogP contribution in [0.2, 0.25) is 0 Å². The lowest BCUT2D eigenvalue weighted by Gasteiger charge is -2.26. The van der Waals surface area contributed by atoms with Crippen LogP contribution in [0.3, 0.4) is 0 Å². The first kappa shape index (κ1) is 14.6. The van der Waals surface area contributed by atoms with Crippen molar-refractivity contribution in [2.75, 3.05) is 19.4 Å². The van der Waals surface area contributed by atoms with Gasteiger partial charge in [-0.2, -0.15) is 11.8 Å². The second-order valence-electron chi connectivity index (χ2n) is 4.96. The van der Waals surface area contributed by atoms with Crippen LogP contribution in [0.1, 0.15) is 23.6 Å². The number of hydrogen-bond acceptors (Lipinski definition) is 3. The van der Waals surface area contributed by atoms with Crippen LogP contribution in [0, 0.1) is 13.8 Å². The van der Waals surface area contributed by atoms with E-state index < -0.39 is 0 Å². The van der Waals surface area contributed by atoms with Crippen molar-refractivity contribution in [3.05, 3.63) is 34.9 Å². The Morgan fingerprint density at radius 3 is 2.29 bits per heavy atom. The molecule has 1 atom stereocenters. The molecule has 17 heavy (non-hydrogen) atoms. The van der Waals surface area contributed by atoms with Crippen LogP contribution in [-0.2, 0) is 5.75 Å². The maximum Gasteiger partial charge on any atom is 0.0618 e. The lowest BCUT2D eigenvalue weighted by Crippen LogP contribution is -2.45. The highest BCUT2D eigenvalue weighted by Crippen LogP contribution is 2.19. The number of rotatable bonds is 6. The van der Waals surface area contributed by atoms with Gasteiger partial charge in [0.15, 0.2) is 0 Å². The number of likely N-dealkylation sites (N-methyl/N-ethyl adjacent to an activating group) is 1. The average Bonchev–Trinajstić information content (AvgIpc) is 2.27. The normalized spacial score (nSPS) is 14.6. The quantitative estimate of drug-likeness (QED) is 0.817. The molecule has 0 aliphatic rings. The van der Waals surface area contributed by atoms with E-state index in [4.69, 9.17) is 0 Å². The van der Waals surface area contributed by atoms with E-state index in [1.54, 1.807) is 0 Å². The number of benzene rings is 1. The molecule has 96 valence electrons. The Bertz CT molecular complexity index is 341. The van der Waals surface area contributed by atoms with Crippen molar-refractivity contribution >= 4 is 11.8 Å². The van der Waals surface area contributed by atoms with Crippen LogP contribution in [0.4, 0.5) is 0 Å². The zero-order valence-electron chi connectivity index (χ0n) is 11.2. The van der Waals surface area contributed by atoms with Crippen molar-refractivity contribution in [1.82, 2.24) is 5.32 Å². The van der Waals surface area contributed by atoms with Crippen LogP contribution in [0.25, 0.3) is 0 Å². The number of aliphatic hydroxyl groups excluding tert-OH is 1. The molecule has 0 saturated heterocycles. The molecule has 0 heterocycles. The van der Waals surface area contributed by atoms with Crippen molar-refractivity contribution in [2.45, 2.75) is 32.1 Å². The van der Waals surface area contributed by atoms with Crippen molar-refractivity contribution in [1.29, 1.82) is 0 Å². The SMILES string of the molecule is CNC(C)(CO)CSCc1cc(C)cc(C)c1. The monoisotopic (exact) mass is 253 g/mol. The van der Waals surface area contributed by atoms with Crippen molar-refractivity contribution in [3.8, 4) is 0 Å². The molecule has 2 N–H and O–H groups in total. The summed E-state index contributed by atoms with van der Waals surface area (Å²) in [6.45, 7) is 6.48. The minimum absolute atomic E-state index is 0.170. The zero-order valence-corrected chi connectivity index (χ0v) is 12.0. The summed E-state index contributed by atoms with van der Waals surface area (Å²) in [6.07, 6.45) is 0. The largest absolute Gasteiger partial charge is 0.394 e. The number of thioether (sulfide) groups is 1. The Labute approximate surface area is 109 Å².